The van der Waals surface area contributed by atoms with Crippen LogP contribution in [-0.4, -0.2) is 38.3 Å². The number of ether oxygens (including phenoxy) is 1. The zero-order chi connectivity index (χ0) is 8.32. The zero-order valence-electron chi connectivity index (χ0n) is 7.26. The van der Waals surface area contributed by atoms with Crippen molar-refractivity contribution in [2.75, 3.05) is 33.4 Å². The first-order valence-electron chi connectivity index (χ1n) is 3.96. The van der Waals surface area contributed by atoms with Gasteiger partial charge in [0.05, 0.1) is 18.6 Å². The fraction of sp³-hybridized carbons (Fsp3) is 0.778. The Labute approximate surface area is 68.5 Å². The third-order valence-electron chi connectivity index (χ3n) is 2.18. The molecule has 0 atom stereocenters. The summed E-state index contributed by atoms with van der Waals surface area (Å²) >= 11 is 0. The van der Waals surface area contributed by atoms with E-state index in [-0.39, 0.29) is 5.41 Å². The van der Waals surface area contributed by atoms with Crippen LogP contribution >= 0.6 is 0 Å². The van der Waals surface area contributed by atoms with Gasteiger partial charge < -0.3 is 9.64 Å². The molecule has 1 heterocycles. The van der Waals surface area contributed by atoms with Gasteiger partial charge in [-0.2, -0.15) is 0 Å². The molecule has 0 bridgehead atoms. The molecule has 1 rings (SSSR count). The average Bonchev–Trinajstić information content (AvgIpc) is 1.96. The lowest BCUT2D eigenvalue weighted by Crippen LogP contribution is -2.49. The second-order valence-electron chi connectivity index (χ2n) is 3.25. The van der Waals surface area contributed by atoms with E-state index >= 15 is 0 Å². The lowest BCUT2D eigenvalue weighted by atomic mass is 9.86. The second kappa shape index (κ2) is 3.25. The molecule has 0 amide bonds. The molecule has 0 N–H and O–H groups in total. The van der Waals surface area contributed by atoms with E-state index in [0.29, 0.717) is 0 Å². The summed E-state index contributed by atoms with van der Waals surface area (Å²) in [7, 11) is 2.08. The minimum Gasteiger partial charge on any atom is -0.378 e. The van der Waals surface area contributed by atoms with Gasteiger partial charge in [-0.05, 0) is 13.6 Å². The molecule has 1 aliphatic rings. The normalized spacial score (nSPS) is 20.9. The average molecular weight is 153 g/mol. The topological polar surface area (TPSA) is 12.5 Å². The van der Waals surface area contributed by atoms with Crippen LogP contribution in [0.3, 0.4) is 0 Å². The molecular weight excluding hydrogens is 138 g/mol. The fourth-order valence-corrected chi connectivity index (χ4v) is 1.20. The summed E-state index contributed by atoms with van der Waals surface area (Å²) in [6, 6.07) is 0. The molecule has 2 heteroatoms. The van der Waals surface area contributed by atoms with Crippen LogP contribution in [0.25, 0.3) is 0 Å². The molecule has 0 radical (unpaired) electrons. The lowest BCUT2D eigenvalue weighted by molar-refractivity contribution is -0.0870. The molecular formula is C9H15NO. The van der Waals surface area contributed by atoms with Crippen LogP contribution in [-0.2, 0) is 4.74 Å². The summed E-state index contributed by atoms with van der Waals surface area (Å²) in [5.74, 6) is 2.81. The maximum absolute atomic E-state index is 5.42. The molecule has 62 valence electrons. The minimum absolute atomic E-state index is 0.0186. The third kappa shape index (κ3) is 1.74. The second-order valence-corrected chi connectivity index (χ2v) is 3.25. The fourth-order valence-electron chi connectivity index (χ4n) is 1.20. The van der Waals surface area contributed by atoms with E-state index < -0.39 is 0 Å². The molecule has 0 aromatic heterocycles. The highest BCUT2D eigenvalue weighted by Crippen LogP contribution is 2.26. The molecule has 0 aromatic rings. The van der Waals surface area contributed by atoms with Crippen molar-refractivity contribution in [1.82, 2.24) is 4.90 Å². The number of hydrogen-bond donors (Lipinski definition) is 0. The van der Waals surface area contributed by atoms with Crippen molar-refractivity contribution in [2.24, 2.45) is 5.41 Å². The summed E-state index contributed by atoms with van der Waals surface area (Å²) in [6.45, 7) is 5.59. The van der Waals surface area contributed by atoms with Crippen molar-refractivity contribution in [3.8, 4) is 12.3 Å². The van der Waals surface area contributed by atoms with Gasteiger partial charge in [-0.3, -0.25) is 0 Å². The number of hydrogen-bond acceptors (Lipinski definition) is 2. The molecule has 1 saturated heterocycles. The Morgan fingerprint density at radius 3 is 2.55 bits per heavy atom. The maximum Gasteiger partial charge on any atom is 0.0903 e. The lowest BCUT2D eigenvalue weighted by Gasteiger charge is -2.39. The van der Waals surface area contributed by atoms with Crippen molar-refractivity contribution >= 4 is 0 Å². The van der Waals surface area contributed by atoms with Crippen LogP contribution in [0.5, 0.6) is 0 Å². The predicted octanol–water partition coefficient (Wildman–Crippen LogP) is 0.588. The summed E-state index contributed by atoms with van der Waals surface area (Å²) < 4.78 is 5.11. The Kier molecular flexibility index (Phi) is 2.53. The van der Waals surface area contributed by atoms with Crippen LogP contribution < -0.4 is 0 Å². The van der Waals surface area contributed by atoms with E-state index in [4.69, 9.17) is 11.2 Å². The van der Waals surface area contributed by atoms with Crippen LogP contribution in [0.15, 0.2) is 0 Å². The SMILES string of the molecule is C#CC1(CN(C)CC)COC1. The molecule has 0 saturated carbocycles. The quantitative estimate of drug-likeness (QED) is 0.550. The first-order valence-corrected chi connectivity index (χ1v) is 3.96. The van der Waals surface area contributed by atoms with E-state index in [0.717, 1.165) is 26.3 Å². The Hall–Kier alpha value is -0.520. The Bertz CT molecular complexity index is 167. The van der Waals surface area contributed by atoms with E-state index in [1.54, 1.807) is 0 Å². The van der Waals surface area contributed by atoms with Gasteiger partial charge in [-0.25, -0.2) is 0 Å². The van der Waals surface area contributed by atoms with Crippen molar-refractivity contribution < 1.29 is 4.74 Å². The highest BCUT2D eigenvalue weighted by atomic mass is 16.5. The Morgan fingerprint density at radius 1 is 1.64 bits per heavy atom. The molecule has 0 spiro atoms. The van der Waals surface area contributed by atoms with E-state index in [1.165, 1.54) is 0 Å². The molecule has 2 nitrogen and oxygen atoms in total. The van der Waals surface area contributed by atoms with Gasteiger partial charge >= 0.3 is 0 Å². The smallest absolute Gasteiger partial charge is 0.0903 e. The van der Waals surface area contributed by atoms with E-state index in [1.807, 2.05) is 0 Å². The first kappa shape index (κ1) is 8.58. The highest BCUT2D eigenvalue weighted by Gasteiger charge is 2.37. The Morgan fingerprint density at radius 2 is 2.27 bits per heavy atom. The largest absolute Gasteiger partial charge is 0.378 e. The molecule has 1 fully saturated rings. The van der Waals surface area contributed by atoms with Crippen LogP contribution in [0, 0.1) is 17.8 Å². The standard InChI is InChI=1S/C9H15NO/c1-4-9(7-11-8-9)6-10(3)5-2/h1H,5-8H2,2-3H3. The zero-order valence-corrected chi connectivity index (χ0v) is 7.26. The van der Waals surface area contributed by atoms with Gasteiger partial charge in [0.25, 0.3) is 0 Å². The maximum atomic E-state index is 5.42. The minimum atomic E-state index is 0.0186. The van der Waals surface area contributed by atoms with Gasteiger partial charge in [0.2, 0.25) is 0 Å². The van der Waals surface area contributed by atoms with Crippen molar-refractivity contribution in [1.29, 1.82) is 0 Å². The van der Waals surface area contributed by atoms with E-state index in [9.17, 15) is 0 Å². The monoisotopic (exact) mass is 153 g/mol. The van der Waals surface area contributed by atoms with Gasteiger partial charge in [0, 0.05) is 6.54 Å². The van der Waals surface area contributed by atoms with Gasteiger partial charge in [-0.15, -0.1) is 6.42 Å². The van der Waals surface area contributed by atoms with E-state index in [2.05, 4.69) is 24.8 Å². The highest BCUT2D eigenvalue weighted by molar-refractivity contribution is 5.11. The molecule has 0 aliphatic carbocycles. The summed E-state index contributed by atoms with van der Waals surface area (Å²) in [5, 5.41) is 0. The molecule has 0 unspecified atom stereocenters. The third-order valence-corrected chi connectivity index (χ3v) is 2.18. The first-order chi connectivity index (χ1) is 5.22. The summed E-state index contributed by atoms with van der Waals surface area (Å²) in [5.41, 5.74) is 0.0186. The van der Waals surface area contributed by atoms with Gasteiger partial charge in [-0.1, -0.05) is 12.8 Å². The number of rotatable bonds is 3. The van der Waals surface area contributed by atoms with Crippen molar-refractivity contribution in [3.63, 3.8) is 0 Å². The van der Waals surface area contributed by atoms with Crippen LogP contribution in [0.4, 0.5) is 0 Å². The molecule has 1 aliphatic heterocycles. The molecule has 11 heavy (non-hydrogen) atoms. The molecule has 0 aromatic carbocycles. The Balaban J connectivity index is 2.40. The van der Waals surface area contributed by atoms with Crippen LogP contribution in [0.1, 0.15) is 6.92 Å². The summed E-state index contributed by atoms with van der Waals surface area (Å²) in [6.07, 6.45) is 5.42. The predicted molar refractivity (Wildman–Crippen MR) is 45.3 cm³/mol. The number of terminal acetylenes is 1. The van der Waals surface area contributed by atoms with Crippen molar-refractivity contribution in [3.05, 3.63) is 0 Å². The van der Waals surface area contributed by atoms with Gasteiger partial charge in [0.1, 0.15) is 0 Å². The van der Waals surface area contributed by atoms with Crippen LogP contribution in [0.2, 0.25) is 0 Å². The summed E-state index contributed by atoms with van der Waals surface area (Å²) in [4.78, 5) is 2.22. The van der Waals surface area contributed by atoms with Gasteiger partial charge in [0.15, 0.2) is 0 Å². The number of nitrogens with zero attached hydrogens (tertiary/aromatic N) is 1. The van der Waals surface area contributed by atoms with Crippen molar-refractivity contribution in [2.45, 2.75) is 6.92 Å².